The van der Waals surface area contributed by atoms with Crippen molar-refractivity contribution in [3.8, 4) is 0 Å². The predicted molar refractivity (Wildman–Crippen MR) is 89.8 cm³/mol. The van der Waals surface area contributed by atoms with Crippen LogP contribution in [0.3, 0.4) is 0 Å². The smallest absolute Gasteiger partial charge is 0.251 e. The van der Waals surface area contributed by atoms with Gasteiger partial charge in [0.2, 0.25) is 0 Å². The van der Waals surface area contributed by atoms with E-state index in [-0.39, 0.29) is 11.9 Å². The Kier molecular flexibility index (Phi) is 5.22. The molecule has 0 saturated carbocycles. The van der Waals surface area contributed by atoms with Crippen LogP contribution in [0.2, 0.25) is 0 Å². The van der Waals surface area contributed by atoms with Crippen LogP contribution >= 0.6 is 11.3 Å². The molecular formula is C16H21N3OS. The molecule has 1 amide bonds. The average Bonchev–Trinajstić information content (AvgIpc) is 3.02. The Morgan fingerprint density at radius 2 is 2.19 bits per heavy atom. The van der Waals surface area contributed by atoms with E-state index in [4.69, 9.17) is 5.73 Å². The first-order valence-electron chi connectivity index (χ1n) is 7.07. The van der Waals surface area contributed by atoms with E-state index in [0.29, 0.717) is 11.3 Å². The summed E-state index contributed by atoms with van der Waals surface area (Å²) in [6, 6.07) is 9.81. The first-order chi connectivity index (χ1) is 10.2. The van der Waals surface area contributed by atoms with Crippen molar-refractivity contribution in [1.82, 2.24) is 5.32 Å². The molecule has 0 aliphatic rings. The maximum Gasteiger partial charge on any atom is 0.251 e. The van der Waals surface area contributed by atoms with Gasteiger partial charge in [0, 0.05) is 17.5 Å². The minimum absolute atomic E-state index is 0.128. The van der Waals surface area contributed by atoms with Gasteiger partial charge in [0.1, 0.15) is 0 Å². The summed E-state index contributed by atoms with van der Waals surface area (Å²) in [5.74, 6) is -0.128. The fraction of sp³-hybridized carbons (Fsp3) is 0.312. The van der Waals surface area contributed by atoms with Gasteiger partial charge in [-0.15, -0.1) is 11.3 Å². The number of nitrogen functional groups attached to an aromatic ring is 1. The minimum Gasteiger partial charge on any atom is -0.397 e. The Labute approximate surface area is 129 Å². The molecule has 2 aromatic rings. The van der Waals surface area contributed by atoms with Crippen molar-refractivity contribution in [1.29, 1.82) is 0 Å². The summed E-state index contributed by atoms with van der Waals surface area (Å²) < 4.78 is 0. The Morgan fingerprint density at radius 3 is 2.76 bits per heavy atom. The van der Waals surface area contributed by atoms with Gasteiger partial charge >= 0.3 is 0 Å². The summed E-state index contributed by atoms with van der Waals surface area (Å²) >= 11 is 1.74. The minimum atomic E-state index is -0.128. The summed E-state index contributed by atoms with van der Waals surface area (Å²) in [5, 5.41) is 8.17. The van der Waals surface area contributed by atoms with Crippen LogP contribution in [0.1, 0.15) is 41.0 Å². The molecule has 0 saturated heterocycles. The number of hydrogen-bond acceptors (Lipinski definition) is 4. The standard InChI is InChI=1S/C16H21N3OS/c1-3-5-14(15-6-4-9-21-15)19-13-8-7-11(10-12(13)17)16(20)18-2/h4,6-10,14,19H,3,5,17H2,1-2H3,(H,18,20). The van der Waals surface area contributed by atoms with E-state index in [0.717, 1.165) is 18.5 Å². The second kappa shape index (κ2) is 7.13. The number of rotatable bonds is 6. The maximum absolute atomic E-state index is 11.6. The van der Waals surface area contributed by atoms with Crippen LogP contribution in [0.5, 0.6) is 0 Å². The van der Waals surface area contributed by atoms with Crippen molar-refractivity contribution in [3.05, 3.63) is 46.2 Å². The number of nitrogens with two attached hydrogens (primary N) is 1. The molecule has 5 heteroatoms. The van der Waals surface area contributed by atoms with Gasteiger partial charge in [0.25, 0.3) is 5.91 Å². The fourth-order valence-electron chi connectivity index (χ4n) is 2.23. The molecule has 4 N–H and O–H groups in total. The zero-order valence-corrected chi connectivity index (χ0v) is 13.2. The molecular weight excluding hydrogens is 282 g/mol. The van der Waals surface area contributed by atoms with E-state index < -0.39 is 0 Å². The molecule has 0 spiro atoms. The second-order valence-electron chi connectivity index (χ2n) is 4.88. The lowest BCUT2D eigenvalue weighted by Crippen LogP contribution is -2.18. The largest absolute Gasteiger partial charge is 0.397 e. The average molecular weight is 303 g/mol. The second-order valence-corrected chi connectivity index (χ2v) is 5.86. The third-order valence-electron chi connectivity index (χ3n) is 3.33. The number of carbonyl (C=O) groups is 1. The molecule has 1 aromatic heterocycles. The van der Waals surface area contributed by atoms with Crippen LogP contribution in [-0.2, 0) is 0 Å². The molecule has 1 heterocycles. The number of nitrogens with one attached hydrogen (secondary N) is 2. The lowest BCUT2D eigenvalue weighted by molar-refractivity contribution is 0.0963. The third kappa shape index (κ3) is 3.76. The van der Waals surface area contributed by atoms with E-state index in [1.807, 2.05) is 6.07 Å². The molecule has 1 atom stereocenters. The monoisotopic (exact) mass is 303 g/mol. The zero-order valence-electron chi connectivity index (χ0n) is 12.3. The highest BCUT2D eigenvalue weighted by atomic mass is 32.1. The molecule has 21 heavy (non-hydrogen) atoms. The summed E-state index contributed by atoms with van der Waals surface area (Å²) in [7, 11) is 1.61. The summed E-state index contributed by atoms with van der Waals surface area (Å²) in [6.07, 6.45) is 2.13. The molecule has 2 rings (SSSR count). The van der Waals surface area contributed by atoms with Crippen molar-refractivity contribution in [2.45, 2.75) is 25.8 Å². The molecule has 0 bridgehead atoms. The SMILES string of the molecule is CCCC(Nc1ccc(C(=O)NC)cc1N)c1cccs1. The van der Waals surface area contributed by atoms with Crippen LogP contribution in [0.15, 0.2) is 35.7 Å². The topological polar surface area (TPSA) is 67.2 Å². The Hall–Kier alpha value is -2.01. The predicted octanol–water partition coefficient (Wildman–Crippen LogP) is 3.64. The summed E-state index contributed by atoms with van der Waals surface area (Å²) in [5.41, 5.74) is 8.11. The lowest BCUT2D eigenvalue weighted by atomic mass is 10.1. The van der Waals surface area contributed by atoms with Gasteiger partial charge in [-0.05, 0) is 36.1 Å². The zero-order chi connectivity index (χ0) is 15.2. The number of amides is 1. The molecule has 0 aliphatic carbocycles. The maximum atomic E-state index is 11.6. The Bertz CT molecular complexity index is 596. The van der Waals surface area contributed by atoms with Gasteiger partial charge in [-0.1, -0.05) is 19.4 Å². The van der Waals surface area contributed by atoms with Crippen LogP contribution in [0.25, 0.3) is 0 Å². The molecule has 1 aromatic carbocycles. The van der Waals surface area contributed by atoms with Gasteiger partial charge in [0.15, 0.2) is 0 Å². The number of benzene rings is 1. The highest BCUT2D eigenvalue weighted by Crippen LogP contribution is 2.30. The molecule has 0 fully saturated rings. The van der Waals surface area contributed by atoms with Crippen molar-refractivity contribution < 1.29 is 4.79 Å². The van der Waals surface area contributed by atoms with Crippen molar-refractivity contribution >= 4 is 28.6 Å². The van der Waals surface area contributed by atoms with Crippen molar-refractivity contribution in [2.24, 2.45) is 0 Å². The van der Waals surface area contributed by atoms with Crippen molar-refractivity contribution in [3.63, 3.8) is 0 Å². The molecule has 0 radical (unpaired) electrons. The van der Waals surface area contributed by atoms with Gasteiger partial charge in [-0.25, -0.2) is 0 Å². The van der Waals surface area contributed by atoms with Gasteiger partial charge in [-0.2, -0.15) is 0 Å². The first kappa shape index (κ1) is 15.4. The van der Waals surface area contributed by atoms with E-state index in [9.17, 15) is 4.79 Å². The van der Waals surface area contributed by atoms with Crippen LogP contribution < -0.4 is 16.4 Å². The highest BCUT2D eigenvalue weighted by Gasteiger charge is 2.14. The number of anilines is 2. The number of thiophene rings is 1. The third-order valence-corrected chi connectivity index (χ3v) is 4.32. The first-order valence-corrected chi connectivity index (χ1v) is 7.95. The Balaban J connectivity index is 2.19. The van der Waals surface area contributed by atoms with E-state index in [1.165, 1.54) is 4.88 Å². The van der Waals surface area contributed by atoms with Gasteiger partial charge in [0.05, 0.1) is 17.4 Å². The molecule has 0 aliphatic heterocycles. The Morgan fingerprint density at radius 1 is 1.38 bits per heavy atom. The van der Waals surface area contributed by atoms with Crippen LogP contribution in [0, 0.1) is 0 Å². The van der Waals surface area contributed by atoms with Crippen LogP contribution in [-0.4, -0.2) is 13.0 Å². The number of carbonyl (C=O) groups excluding carboxylic acids is 1. The van der Waals surface area contributed by atoms with E-state index >= 15 is 0 Å². The molecule has 1 unspecified atom stereocenters. The quantitative estimate of drug-likeness (QED) is 0.714. The van der Waals surface area contributed by atoms with E-state index in [2.05, 4.69) is 35.1 Å². The summed E-state index contributed by atoms with van der Waals surface area (Å²) in [6.45, 7) is 2.17. The highest BCUT2D eigenvalue weighted by molar-refractivity contribution is 7.10. The normalized spacial score (nSPS) is 11.9. The summed E-state index contributed by atoms with van der Waals surface area (Å²) in [4.78, 5) is 12.9. The molecule has 112 valence electrons. The molecule has 4 nitrogen and oxygen atoms in total. The van der Waals surface area contributed by atoms with E-state index in [1.54, 1.807) is 30.5 Å². The van der Waals surface area contributed by atoms with Crippen molar-refractivity contribution in [2.75, 3.05) is 18.1 Å². The number of hydrogen-bond donors (Lipinski definition) is 3. The fourth-order valence-corrected chi connectivity index (χ4v) is 3.04. The lowest BCUT2D eigenvalue weighted by Gasteiger charge is -2.19. The van der Waals surface area contributed by atoms with Crippen LogP contribution in [0.4, 0.5) is 11.4 Å². The van der Waals surface area contributed by atoms with Gasteiger partial charge < -0.3 is 16.4 Å². The van der Waals surface area contributed by atoms with Gasteiger partial charge in [-0.3, -0.25) is 4.79 Å².